The third-order valence-corrected chi connectivity index (χ3v) is 6.08. The molecule has 2 aromatic rings. The molecule has 0 bridgehead atoms. The number of hydrogen-bond donors (Lipinski definition) is 2. The third-order valence-electron chi connectivity index (χ3n) is 6.08. The molecule has 1 aromatic heterocycles. The Labute approximate surface area is 198 Å². The van der Waals surface area contributed by atoms with Crippen LogP contribution in [0.1, 0.15) is 70.2 Å². The molecule has 0 spiro atoms. The molecule has 2 N–H and O–H groups in total. The van der Waals surface area contributed by atoms with Gasteiger partial charge in [-0.1, -0.05) is 44.2 Å². The molecule has 7 heteroatoms. The number of nitrogens with zero attached hydrogens (tertiary/aromatic N) is 3. The Kier molecular flexibility index (Phi) is 10.7. The Bertz CT molecular complexity index is 852. The first-order chi connectivity index (χ1) is 16.0. The molecule has 1 amide bonds. The van der Waals surface area contributed by atoms with Crippen LogP contribution in [0.15, 0.2) is 36.5 Å². The van der Waals surface area contributed by atoms with E-state index in [0.29, 0.717) is 25.0 Å². The molecule has 1 aromatic carbocycles. The number of amides is 1. The topological polar surface area (TPSA) is 87.6 Å². The Hall–Kier alpha value is -2.51. The Morgan fingerprint density at radius 1 is 1.18 bits per heavy atom. The number of fused-ring (bicyclic) bond motifs is 1. The average molecular weight is 457 g/mol. The number of hydrogen-bond acceptors (Lipinski definition) is 6. The molecule has 0 unspecified atom stereocenters. The van der Waals surface area contributed by atoms with E-state index >= 15 is 0 Å². The Morgan fingerprint density at radius 3 is 2.42 bits per heavy atom. The highest BCUT2D eigenvalue weighted by Gasteiger charge is 2.41. The standard InChI is InChI=1S/C17H26N4O2.C8H10.CH4O/c1-4-5-15(22)21-11-14-13(17(21,2)3)10-18-16(20-14)19-12-6-8-23-9-7-12;1-2-8-6-4-3-5-7-8;1-2/h10,12H,4-9,11H2,1-3H3,(H,18,19,20);3-7H,2H2,1H3;2H,1H3. The van der Waals surface area contributed by atoms with Gasteiger partial charge in [-0.15, -0.1) is 0 Å². The molecule has 0 atom stereocenters. The molecular weight excluding hydrogens is 416 g/mol. The first kappa shape index (κ1) is 26.7. The van der Waals surface area contributed by atoms with Gasteiger partial charge in [-0.05, 0) is 45.1 Å². The van der Waals surface area contributed by atoms with E-state index in [-0.39, 0.29) is 11.4 Å². The minimum Gasteiger partial charge on any atom is -0.400 e. The summed E-state index contributed by atoms with van der Waals surface area (Å²) in [5.74, 6) is 0.852. The smallest absolute Gasteiger partial charge is 0.223 e. The van der Waals surface area contributed by atoms with Gasteiger partial charge in [0.1, 0.15) is 0 Å². The number of ether oxygens (including phenoxy) is 1. The Balaban J connectivity index is 0.000000323. The van der Waals surface area contributed by atoms with Gasteiger partial charge in [0.25, 0.3) is 0 Å². The number of carbonyl (C=O) groups excluding carboxylic acids is 1. The number of rotatable bonds is 5. The van der Waals surface area contributed by atoms with Gasteiger partial charge in [0, 0.05) is 44.5 Å². The molecule has 182 valence electrons. The molecule has 7 nitrogen and oxygen atoms in total. The summed E-state index contributed by atoms with van der Waals surface area (Å²) < 4.78 is 5.38. The largest absolute Gasteiger partial charge is 0.400 e. The van der Waals surface area contributed by atoms with Crippen molar-refractivity contribution in [3.63, 3.8) is 0 Å². The predicted molar refractivity (Wildman–Crippen MR) is 132 cm³/mol. The van der Waals surface area contributed by atoms with Crippen LogP contribution >= 0.6 is 0 Å². The van der Waals surface area contributed by atoms with Crippen molar-refractivity contribution in [3.05, 3.63) is 53.3 Å². The van der Waals surface area contributed by atoms with Gasteiger partial charge in [-0.3, -0.25) is 4.79 Å². The van der Waals surface area contributed by atoms with E-state index in [4.69, 9.17) is 9.84 Å². The maximum Gasteiger partial charge on any atom is 0.223 e. The second-order valence-electron chi connectivity index (χ2n) is 8.71. The molecule has 0 radical (unpaired) electrons. The van der Waals surface area contributed by atoms with E-state index in [1.165, 1.54) is 5.56 Å². The minimum absolute atomic E-state index is 0.189. The van der Waals surface area contributed by atoms with Gasteiger partial charge in [-0.25, -0.2) is 9.97 Å². The first-order valence-corrected chi connectivity index (χ1v) is 12.0. The van der Waals surface area contributed by atoms with Crippen LogP contribution in [0.4, 0.5) is 5.95 Å². The summed E-state index contributed by atoms with van der Waals surface area (Å²) in [6.45, 7) is 10.5. The zero-order valence-corrected chi connectivity index (χ0v) is 20.8. The van der Waals surface area contributed by atoms with E-state index in [1.54, 1.807) is 0 Å². The van der Waals surface area contributed by atoms with Gasteiger partial charge in [-0.2, -0.15) is 0 Å². The highest BCUT2D eigenvalue weighted by atomic mass is 16.5. The predicted octanol–water partition coefficient (Wildman–Crippen LogP) is 4.30. The minimum atomic E-state index is -0.335. The molecule has 1 saturated heterocycles. The molecule has 0 aliphatic carbocycles. The van der Waals surface area contributed by atoms with Crippen molar-refractivity contribution < 1.29 is 14.6 Å². The molecule has 0 saturated carbocycles. The number of carbonyl (C=O) groups is 1. The summed E-state index contributed by atoms with van der Waals surface area (Å²) in [5, 5.41) is 10.4. The highest BCUT2D eigenvalue weighted by molar-refractivity contribution is 5.78. The molecular formula is C26H40N4O3. The van der Waals surface area contributed by atoms with Gasteiger partial charge in [0.2, 0.25) is 11.9 Å². The molecule has 33 heavy (non-hydrogen) atoms. The van der Waals surface area contributed by atoms with E-state index in [2.05, 4.69) is 60.3 Å². The van der Waals surface area contributed by atoms with E-state index < -0.39 is 0 Å². The second-order valence-corrected chi connectivity index (χ2v) is 8.71. The number of aliphatic hydroxyl groups excluding tert-OH is 1. The molecule has 2 aliphatic rings. The highest BCUT2D eigenvalue weighted by Crippen LogP contribution is 2.38. The molecule has 1 fully saturated rings. The van der Waals surface area contributed by atoms with Crippen molar-refractivity contribution in [2.24, 2.45) is 0 Å². The van der Waals surface area contributed by atoms with Crippen LogP contribution < -0.4 is 5.32 Å². The summed E-state index contributed by atoms with van der Waals surface area (Å²) in [4.78, 5) is 23.5. The summed E-state index contributed by atoms with van der Waals surface area (Å²) >= 11 is 0. The van der Waals surface area contributed by atoms with Crippen LogP contribution in [0.25, 0.3) is 0 Å². The fourth-order valence-corrected chi connectivity index (χ4v) is 4.10. The molecule has 2 aliphatic heterocycles. The lowest BCUT2D eigenvalue weighted by molar-refractivity contribution is -0.136. The summed E-state index contributed by atoms with van der Waals surface area (Å²) in [7, 11) is 1.00. The van der Waals surface area contributed by atoms with Crippen molar-refractivity contribution in [2.75, 3.05) is 25.6 Å². The summed E-state index contributed by atoms with van der Waals surface area (Å²) in [5.41, 5.74) is 3.09. The van der Waals surface area contributed by atoms with Crippen molar-refractivity contribution in [1.82, 2.24) is 14.9 Å². The quantitative estimate of drug-likeness (QED) is 0.697. The lowest BCUT2D eigenvalue weighted by Crippen LogP contribution is -2.40. The average Bonchev–Trinajstić information content (AvgIpc) is 3.12. The van der Waals surface area contributed by atoms with Crippen LogP contribution in [-0.4, -0.2) is 52.2 Å². The van der Waals surface area contributed by atoms with Crippen LogP contribution in [0.5, 0.6) is 0 Å². The van der Waals surface area contributed by atoms with Crippen LogP contribution in [0, 0.1) is 0 Å². The normalized spacial score (nSPS) is 16.6. The maximum atomic E-state index is 12.4. The van der Waals surface area contributed by atoms with Crippen LogP contribution in [-0.2, 0) is 28.0 Å². The van der Waals surface area contributed by atoms with Crippen molar-refractivity contribution in [2.45, 2.75) is 77.9 Å². The lowest BCUT2D eigenvalue weighted by Gasteiger charge is -2.32. The SMILES string of the molecule is CCCC(=O)N1Cc2nc(NC3CCOCC3)ncc2C1(C)C.CCc1ccccc1.CO. The fourth-order valence-electron chi connectivity index (χ4n) is 4.10. The lowest BCUT2D eigenvalue weighted by atomic mass is 9.97. The summed E-state index contributed by atoms with van der Waals surface area (Å²) in [6, 6.07) is 10.8. The number of aryl methyl sites for hydroxylation is 1. The van der Waals surface area contributed by atoms with Crippen LogP contribution in [0.3, 0.4) is 0 Å². The number of anilines is 1. The zero-order chi connectivity index (χ0) is 24.3. The van der Waals surface area contributed by atoms with E-state index in [0.717, 1.165) is 57.3 Å². The maximum absolute atomic E-state index is 12.4. The first-order valence-electron chi connectivity index (χ1n) is 12.0. The summed E-state index contributed by atoms with van der Waals surface area (Å²) in [6.07, 6.45) is 6.42. The number of aromatic nitrogens is 2. The number of nitrogens with one attached hydrogen (secondary N) is 1. The Morgan fingerprint density at radius 2 is 1.85 bits per heavy atom. The van der Waals surface area contributed by atoms with Crippen molar-refractivity contribution in [1.29, 1.82) is 0 Å². The van der Waals surface area contributed by atoms with Gasteiger partial charge < -0.3 is 20.1 Å². The van der Waals surface area contributed by atoms with Crippen molar-refractivity contribution >= 4 is 11.9 Å². The van der Waals surface area contributed by atoms with E-state index in [1.807, 2.05) is 24.1 Å². The fraction of sp³-hybridized carbons (Fsp3) is 0.577. The second kappa shape index (κ2) is 13.3. The van der Waals surface area contributed by atoms with E-state index in [9.17, 15) is 4.79 Å². The van der Waals surface area contributed by atoms with Gasteiger partial charge >= 0.3 is 0 Å². The molecule has 3 heterocycles. The van der Waals surface area contributed by atoms with Crippen molar-refractivity contribution in [3.8, 4) is 0 Å². The number of benzene rings is 1. The third kappa shape index (κ3) is 7.24. The zero-order valence-electron chi connectivity index (χ0n) is 20.8. The van der Waals surface area contributed by atoms with Gasteiger partial charge in [0.15, 0.2) is 0 Å². The van der Waals surface area contributed by atoms with Gasteiger partial charge in [0.05, 0.1) is 17.8 Å². The molecule has 4 rings (SSSR count). The van der Waals surface area contributed by atoms with Crippen LogP contribution in [0.2, 0.25) is 0 Å². The monoisotopic (exact) mass is 456 g/mol. The number of aliphatic hydroxyl groups is 1.